The summed E-state index contributed by atoms with van der Waals surface area (Å²) in [7, 11) is 0. The minimum atomic E-state index is 0.305. The van der Waals surface area contributed by atoms with Crippen molar-refractivity contribution < 1.29 is 4.79 Å². The highest BCUT2D eigenvalue weighted by Crippen LogP contribution is 2.36. The maximum Gasteiger partial charge on any atom is 0.163 e. The van der Waals surface area contributed by atoms with E-state index in [9.17, 15) is 4.79 Å². The number of fused-ring (bicyclic) bond motifs is 2. The molecule has 0 spiro atoms. The van der Waals surface area contributed by atoms with Gasteiger partial charge in [-0.15, -0.1) is 0 Å². The first-order valence-corrected chi connectivity index (χ1v) is 7.34. The van der Waals surface area contributed by atoms with Crippen LogP contribution < -0.4 is 4.90 Å². The molecule has 20 heavy (non-hydrogen) atoms. The second-order valence-electron chi connectivity index (χ2n) is 5.65. The molecular weight excluding hydrogens is 246 g/mol. The van der Waals surface area contributed by atoms with Crippen LogP contribution in [0.2, 0.25) is 0 Å². The van der Waals surface area contributed by atoms with E-state index in [1.807, 2.05) is 6.07 Å². The number of carbonyl (C=O) groups is 1. The number of nitrogens with zero attached hydrogens (tertiary/aromatic N) is 1. The summed E-state index contributed by atoms with van der Waals surface area (Å²) < 4.78 is 0. The van der Waals surface area contributed by atoms with E-state index < -0.39 is 0 Å². The van der Waals surface area contributed by atoms with Gasteiger partial charge in [0.05, 0.1) is 0 Å². The zero-order chi connectivity index (χ0) is 13.5. The third kappa shape index (κ3) is 1.75. The highest BCUT2D eigenvalue weighted by molar-refractivity contribution is 5.99. The van der Waals surface area contributed by atoms with E-state index in [-0.39, 0.29) is 0 Å². The van der Waals surface area contributed by atoms with Gasteiger partial charge in [0.15, 0.2) is 5.78 Å². The molecule has 2 aromatic carbocycles. The normalized spacial score (nSPS) is 17.0. The van der Waals surface area contributed by atoms with Gasteiger partial charge in [0.1, 0.15) is 0 Å². The maximum atomic E-state index is 11.9. The average Bonchev–Trinajstić information content (AvgIpc) is 2.91. The Bertz CT molecular complexity index is 690. The van der Waals surface area contributed by atoms with Gasteiger partial charge in [-0.3, -0.25) is 4.79 Å². The van der Waals surface area contributed by atoms with Crippen LogP contribution >= 0.6 is 0 Å². The Balaban J connectivity index is 1.76. The molecule has 0 N–H and O–H groups in total. The number of hydrogen-bond donors (Lipinski definition) is 0. The molecular formula is C18H17NO. The van der Waals surface area contributed by atoms with Gasteiger partial charge in [-0.25, -0.2) is 0 Å². The molecule has 1 aliphatic heterocycles. The molecule has 2 aromatic rings. The van der Waals surface area contributed by atoms with E-state index in [2.05, 4.69) is 41.3 Å². The standard InChI is InChI=1S/C18H17NO/c20-18-7-3-5-14-12-15(8-9-16(14)18)19-11-10-13-4-1-2-6-17(13)19/h1-2,4,6,8-9,12H,3,5,7,10-11H2. The van der Waals surface area contributed by atoms with Gasteiger partial charge in [0.25, 0.3) is 0 Å². The van der Waals surface area contributed by atoms with Crippen LogP contribution in [0.5, 0.6) is 0 Å². The average molecular weight is 263 g/mol. The summed E-state index contributed by atoms with van der Waals surface area (Å²) in [6.07, 6.45) is 3.83. The molecule has 2 aliphatic rings. The molecule has 0 saturated heterocycles. The van der Waals surface area contributed by atoms with Crippen LogP contribution in [-0.2, 0) is 12.8 Å². The summed E-state index contributed by atoms with van der Waals surface area (Å²) in [5, 5.41) is 0. The summed E-state index contributed by atoms with van der Waals surface area (Å²) in [5.74, 6) is 0.305. The number of aryl methyl sites for hydroxylation is 1. The van der Waals surface area contributed by atoms with Crippen molar-refractivity contribution >= 4 is 17.2 Å². The molecule has 1 aliphatic carbocycles. The smallest absolute Gasteiger partial charge is 0.163 e. The lowest BCUT2D eigenvalue weighted by Gasteiger charge is -2.22. The lowest BCUT2D eigenvalue weighted by molar-refractivity contribution is 0.0972. The second kappa shape index (κ2) is 4.48. The van der Waals surface area contributed by atoms with E-state index in [0.29, 0.717) is 12.2 Å². The van der Waals surface area contributed by atoms with E-state index in [1.165, 1.54) is 22.5 Å². The molecule has 0 aromatic heterocycles. The van der Waals surface area contributed by atoms with Crippen molar-refractivity contribution in [3.05, 3.63) is 59.2 Å². The number of rotatable bonds is 1. The Morgan fingerprint density at radius 1 is 0.900 bits per heavy atom. The first-order chi connectivity index (χ1) is 9.83. The number of ketones is 1. The molecule has 2 nitrogen and oxygen atoms in total. The van der Waals surface area contributed by atoms with Crippen molar-refractivity contribution in [2.75, 3.05) is 11.4 Å². The second-order valence-corrected chi connectivity index (χ2v) is 5.65. The quantitative estimate of drug-likeness (QED) is 0.777. The minimum absolute atomic E-state index is 0.305. The number of hydrogen-bond acceptors (Lipinski definition) is 2. The Hall–Kier alpha value is -2.09. The fraction of sp³-hybridized carbons (Fsp3) is 0.278. The first-order valence-electron chi connectivity index (χ1n) is 7.34. The van der Waals surface area contributed by atoms with Crippen LogP contribution in [0.15, 0.2) is 42.5 Å². The number of para-hydroxylation sites is 1. The predicted molar refractivity (Wildman–Crippen MR) is 80.9 cm³/mol. The lowest BCUT2D eigenvalue weighted by atomic mass is 9.90. The largest absolute Gasteiger partial charge is 0.341 e. The molecule has 0 amide bonds. The topological polar surface area (TPSA) is 20.3 Å². The lowest BCUT2D eigenvalue weighted by Crippen LogP contribution is -2.16. The van der Waals surface area contributed by atoms with E-state index in [4.69, 9.17) is 0 Å². The predicted octanol–water partition coefficient (Wildman–Crippen LogP) is 3.90. The van der Waals surface area contributed by atoms with Crippen LogP contribution in [0, 0.1) is 0 Å². The molecule has 100 valence electrons. The van der Waals surface area contributed by atoms with Crippen LogP contribution in [0.25, 0.3) is 0 Å². The van der Waals surface area contributed by atoms with Crippen molar-refractivity contribution in [3.63, 3.8) is 0 Å². The van der Waals surface area contributed by atoms with E-state index >= 15 is 0 Å². The summed E-state index contributed by atoms with van der Waals surface area (Å²) in [6, 6.07) is 14.9. The van der Waals surface area contributed by atoms with Crippen molar-refractivity contribution in [2.45, 2.75) is 25.7 Å². The van der Waals surface area contributed by atoms with E-state index in [0.717, 1.165) is 31.4 Å². The fourth-order valence-electron chi connectivity index (χ4n) is 3.41. The summed E-state index contributed by atoms with van der Waals surface area (Å²) in [6.45, 7) is 1.03. The van der Waals surface area contributed by atoms with Gasteiger partial charge in [0, 0.05) is 29.9 Å². The summed E-state index contributed by atoms with van der Waals surface area (Å²) in [4.78, 5) is 14.3. The van der Waals surface area contributed by atoms with Crippen LogP contribution in [0.1, 0.15) is 34.3 Å². The monoisotopic (exact) mass is 263 g/mol. The number of Topliss-reactive ketones (excluding diaryl/α,β-unsaturated/α-hetero) is 1. The third-order valence-electron chi connectivity index (χ3n) is 4.44. The van der Waals surface area contributed by atoms with Crippen molar-refractivity contribution in [1.29, 1.82) is 0 Å². The van der Waals surface area contributed by atoms with Crippen LogP contribution in [-0.4, -0.2) is 12.3 Å². The van der Waals surface area contributed by atoms with Gasteiger partial charge in [-0.05, 0) is 54.7 Å². The zero-order valence-corrected chi connectivity index (χ0v) is 11.4. The maximum absolute atomic E-state index is 11.9. The molecule has 0 fully saturated rings. The molecule has 2 heteroatoms. The molecule has 4 rings (SSSR count). The highest BCUT2D eigenvalue weighted by atomic mass is 16.1. The molecule has 0 radical (unpaired) electrons. The van der Waals surface area contributed by atoms with Gasteiger partial charge in [-0.1, -0.05) is 18.2 Å². The highest BCUT2D eigenvalue weighted by Gasteiger charge is 2.22. The molecule has 0 saturated carbocycles. The number of carbonyl (C=O) groups excluding carboxylic acids is 1. The zero-order valence-electron chi connectivity index (χ0n) is 11.4. The fourth-order valence-corrected chi connectivity index (χ4v) is 3.41. The Morgan fingerprint density at radius 2 is 1.80 bits per heavy atom. The minimum Gasteiger partial charge on any atom is -0.341 e. The summed E-state index contributed by atoms with van der Waals surface area (Å²) in [5.41, 5.74) is 6.12. The van der Waals surface area contributed by atoms with Gasteiger partial charge in [0.2, 0.25) is 0 Å². The van der Waals surface area contributed by atoms with Crippen molar-refractivity contribution in [1.82, 2.24) is 0 Å². The SMILES string of the molecule is O=C1CCCc2cc(N3CCc4ccccc43)ccc21. The van der Waals surface area contributed by atoms with Gasteiger partial charge < -0.3 is 4.90 Å². The Kier molecular flexibility index (Phi) is 2.62. The third-order valence-corrected chi connectivity index (χ3v) is 4.44. The first kappa shape index (κ1) is 11.7. The van der Waals surface area contributed by atoms with Crippen LogP contribution in [0.4, 0.5) is 11.4 Å². The Morgan fingerprint density at radius 3 is 2.75 bits per heavy atom. The molecule has 1 heterocycles. The number of benzene rings is 2. The van der Waals surface area contributed by atoms with Crippen molar-refractivity contribution in [3.8, 4) is 0 Å². The molecule has 0 unspecified atom stereocenters. The van der Waals surface area contributed by atoms with Gasteiger partial charge in [-0.2, -0.15) is 0 Å². The number of anilines is 2. The summed E-state index contributed by atoms with van der Waals surface area (Å²) >= 11 is 0. The van der Waals surface area contributed by atoms with Crippen molar-refractivity contribution in [2.24, 2.45) is 0 Å². The van der Waals surface area contributed by atoms with Crippen LogP contribution in [0.3, 0.4) is 0 Å². The van der Waals surface area contributed by atoms with Gasteiger partial charge >= 0.3 is 0 Å². The van der Waals surface area contributed by atoms with E-state index in [1.54, 1.807) is 0 Å². The Labute approximate surface area is 119 Å². The molecule has 0 atom stereocenters. The molecule has 0 bridgehead atoms.